The molecule has 0 bridgehead atoms. The highest BCUT2D eigenvalue weighted by molar-refractivity contribution is 6.30. The van der Waals surface area contributed by atoms with Crippen LogP contribution in [0.5, 0.6) is 11.5 Å². The molecule has 0 radical (unpaired) electrons. The molecular weight excluding hydrogens is 362 g/mol. The molecule has 0 spiro atoms. The maximum atomic E-state index is 10.6. The summed E-state index contributed by atoms with van der Waals surface area (Å²) in [5.41, 5.74) is 9.61. The molecule has 0 aromatic heterocycles. The zero-order valence-corrected chi connectivity index (χ0v) is 16.5. The summed E-state index contributed by atoms with van der Waals surface area (Å²) in [5.74, 6) is 1.32. The maximum Gasteiger partial charge on any atom is 0.165 e. The molecule has 5 nitrogen and oxygen atoms in total. The predicted molar refractivity (Wildman–Crippen MR) is 108 cm³/mol. The van der Waals surface area contributed by atoms with Gasteiger partial charge < -0.3 is 9.84 Å². The van der Waals surface area contributed by atoms with Crippen LogP contribution in [0.15, 0.2) is 36.4 Å². The normalized spacial score (nSPS) is 25.7. The second kappa shape index (κ2) is 7.68. The minimum absolute atomic E-state index is 0.190. The van der Waals surface area contributed by atoms with Gasteiger partial charge in [0.25, 0.3) is 0 Å². The standard InChI is InChI=1S/C21H26ClN3O2/c1-13-19(14(2)24-23-13)12-25-6-7-27-21-17(11-25)8-16(10-20(21)26)15-4-3-5-18(22)9-15/h3-5,8-10,13-14,19,23-24,26H,6-7,11-12H2,1-2H3. The molecule has 27 heavy (non-hydrogen) atoms. The van der Waals surface area contributed by atoms with Crippen molar-refractivity contribution in [1.29, 1.82) is 0 Å². The van der Waals surface area contributed by atoms with Gasteiger partial charge in [-0.05, 0) is 49.2 Å². The first-order valence-corrected chi connectivity index (χ1v) is 9.87. The van der Waals surface area contributed by atoms with Gasteiger partial charge in [-0.3, -0.25) is 15.8 Å². The summed E-state index contributed by atoms with van der Waals surface area (Å²) in [6, 6.07) is 12.4. The summed E-state index contributed by atoms with van der Waals surface area (Å²) in [4.78, 5) is 2.42. The number of phenolic OH excluding ortho intramolecular Hbond substituents is 1. The fourth-order valence-electron chi connectivity index (χ4n) is 4.07. The van der Waals surface area contributed by atoms with Crippen molar-refractivity contribution < 1.29 is 9.84 Å². The molecule has 0 aliphatic carbocycles. The largest absolute Gasteiger partial charge is 0.504 e. The minimum Gasteiger partial charge on any atom is -0.504 e. The number of phenols is 1. The Kier molecular flexibility index (Phi) is 5.28. The molecular formula is C21H26ClN3O2. The van der Waals surface area contributed by atoms with Crippen LogP contribution >= 0.6 is 11.6 Å². The number of aromatic hydroxyl groups is 1. The molecule has 2 aromatic rings. The Morgan fingerprint density at radius 1 is 1.15 bits per heavy atom. The van der Waals surface area contributed by atoms with E-state index in [0.717, 1.165) is 36.3 Å². The second-order valence-electron chi connectivity index (χ2n) is 7.61. The van der Waals surface area contributed by atoms with Crippen molar-refractivity contribution in [3.63, 3.8) is 0 Å². The predicted octanol–water partition coefficient (Wildman–Crippen LogP) is 3.41. The van der Waals surface area contributed by atoms with Gasteiger partial charge in [-0.15, -0.1) is 0 Å². The van der Waals surface area contributed by atoms with E-state index in [2.05, 4.69) is 35.7 Å². The quantitative estimate of drug-likeness (QED) is 0.753. The number of nitrogens with one attached hydrogen (secondary N) is 2. The summed E-state index contributed by atoms with van der Waals surface area (Å²) in [6.07, 6.45) is 0. The third-order valence-corrected chi connectivity index (χ3v) is 5.88. The van der Waals surface area contributed by atoms with Crippen LogP contribution in [0.3, 0.4) is 0 Å². The zero-order chi connectivity index (χ0) is 19.0. The summed E-state index contributed by atoms with van der Waals surface area (Å²) >= 11 is 6.14. The van der Waals surface area contributed by atoms with E-state index in [1.165, 1.54) is 0 Å². The lowest BCUT2D eigenvalue weighted by molar-refractivity contribution is 0.187. The van der Waals surface area contributed by atoms with Crippen molar-refractivity contribution in [1.82, 2.24) is 15.8 Å². The van der Waals surface area contributed by atoms with Gasteiger partial charge >= 0.3 is 0 Å². The minimum atomic E-state index is 0.190. The molecule has 2 unspecified atom stereocenters. The third kappa shape index (κ3) is 3.92. The summed E-state index contributed by atoms with van der Waals surface area (Å²) in [6.45, 7) is 7.59. The van der Waals surface area contributed by atoms with Gasteiger partial charge in [0.05, 0.1) is 0 Å². The van der Waals surface area contributed by atoms with Crippen molar-refractivity contribution in [2.45, 2.75) is 32.5 Å². The number of ether oxygens (including phenoxy) is 1. The van der Waals surface area contributed by atoms with Crippen LogP contribution in [0.2, 0.25) is 5.02 Å². The van der Waals surface area contributed by atoms with E-state index in [9.17, 15) is 5.11 Å². The highest BCUT2D eigenvalue weighted by Crippen LogP contribution is 2.38. The fraction of sp³-hybridized carbons (Fsp3) is 0.429. The Morgan fingerprint density at radius 3 is 2.67 bits per heavy atom. The Balaban J connectivity index is 1.61. The van der Waals surface area contributed by atoms with E-state index in [0.29, 0.717) is 35.4 Å². The molecule has 2 aliphatic rings. The SMILES string of the molecule is CC1NNC(C)C1CN1CCOc2c(O)cc(-c3cccc(Cl)c3)cc2C1. The molecule has 2 aromatic carbocycles. The number of halogens is 1. The number of benzene rings is 2. The van der Waals surface area contributed by atoms with Crippen molar-refractivity contribution in [2.24, 2.45) is 5.92 Å². The summed E-state index contributed by atoms with van der Waals surface area (Å²) < 4.78 is 5.89. The van der Waals surface area contributed by atoms with E-state index >= 15 is 0 Å². The van der Waals surface area contributed by atoms with Crippen LogP contribution in [0.4, 0.5) is 0 Å². The van der Waals surface area contributed by atoms with E-state index in [4.69, 9.17) is 16.3 Å². The smallest absolute Gasteiger partial charge is 0.165 e. The topological polar surface area (TPSA) is 56.8 Å². The van der Waals surface area contributed by atoms with Gasteiger partial charge in [0.15, 0.2) is 11.5 Å². The zero-order valence-electron chi connectivity index (χ0n) is 15.7. The van der Waals surface area contributed by atoms with Crippen LogP contribution in [-0.4, -0.2) is 41.8 Å². The lowest BCUT2D eigenvalue weighted by Gasteiger charge is -2.27. The molecule has 0 saturated carbocycles. The van der Waals surface area contributed by atoms with Gasteiger partial charge in [-0.1, -0.05) is 23.7 Å². The van der Waals surface area contributed by atoms with Crippen LogP contribution < -0.4 is 15.6 Å². The molecule has 3 N–H and O–H groups in total. The van der Waals surface area contributed by atoms with E-state index < -0.39 is 0 Å². The lowest BCUT2D eigenvalue weighted by Crippen LogP contribution is -2.38. The average molecular weight is 388 g/mol. The Bertz CT molecular complexity index is 819. The monoisotopic (exact) mass is 387 g/mol. The van der Waals surface area contributed by atoms with Crippen molar-refractivity contribution in [2.75, 3.05) is 19.7 Å². The molecule has 4 rings (SSSR count). The molecule has 144 valence electrons. The number of fused-ring (bicyclic) bond motifs is 1. The van der Waals surface area contributed by atoms with Gasteiger partial charge in [0.2, 0.25) is 0 Å². The molecule has 2 atom stereocenters. The number of rotatable bonds is 3. The molecule has 6 heteroatoms. The summed E-state index contributed by atoms with van der Waals surface area (Å²) in [7, 11) is 0. The molecule has 2 aliphatic heterocycles. The Hall–Kier alpha value is -1.79. The van der Waals surface area contributed by atoms with Crippen molar-refractivity contribution >= 4 is 11.6 Å². The Morgan fingerprint density at radius 2 is 1.93 bits per heavy atom. The Labute approximate surface area is 165 Å². The fourth-order valence-corrected chi connectivity index (χ4v) is 4.26. The first kappa shape index (κ1) is 18.6. The highest BCUT2D eigenvalue weighted by atomic mass is 35.5. The summed E-state index contributed by atoms with van der Waals surface area (Å²) in [5, 5.41) is 11.2. The van der Waals surface area contributed by atoms with Crippen molar-refractivity contribution in [3.8, 4) is 22.6 Å². The first-order valence-electron chi connectivity index (χ1n) is 9.49. The lowest BCUT2D eigenvalue weighted by atomic mass is 9.95. The van der Waals surface area contributed by atoms with E-state index in [-0.39, 0.29) is 5.75 Å². The van der Waals surface area contributed by atoms with Crippen molar-refractivity contribution in [3.05, 3.63) is 47.0 Å². The number of hydrogen-bond donors (Lipinski definition) is 3. The van der Waals surface area contributed by atoms with E-state index in [1.54, 1.807) is 6.07 Å². The second-order valence-corrected chi connectivity index (χ2v) is 8.04. The van der Waals surface area contributed by atoms with Crippen LogP contribution in [-0.2, 0) is 6.54 Å². The molecule has 2 heterocycles. The maximum absolute atomic E-state index is 10.6. The van der Waals surface area contributed by atoms with Gasteiger partial charge in [-0.25, -0.2) is 0 Å². The molecule has 0 amide bonds. The van der Waals surface area contributed by atoms with E-state index in [1.807, 2.05) is 24.3 Å². The number of hydrogen-bond acceptors (Lipinski definition) is 5. The van der Waals surface area contributed by atoms with Crippen LogP contribution in [0.1, 0.15) is 19.4 Å². The first-order chi connectivity index (χ1) is 13.0. The number of hydrazine groups is 1. The highest BCUT2D eigenvalue weighted by Gasteiger charge is 2.32. The average Bonchev–Trinajstić information content (AvgIpc) is 2.83. The van der Waals surface area contributed by atoms with Gasteiger partial charge in [0.1, 0.15) is 6.61 Å². The molecule has 1 fully saturated rings. The van der Waals surface area contributed by atoms with Gasteiger partial charge in [-0.2, -0.15) is 0 Å². The van der Waals surface area contributed by atoms with Gasteiger partial charge in [0, 0.05) is 48.2 Å². The third-order valence-electron chi connectivity index (χ3n) is 5.64. The van der Waals surface area contributed by atoms with Crippen LogP contribution in [0.25, 0.3) is 11.1 Å². The number of nitrogens with zero attached hydrogens (tertiary/aromatic N) is 1. The van der Waals surface area contributed by atoms with Crippen LogP contribution in [0, 0.1) is 5.92 Å². The molecule has 1 saturated heterocycles.